The molecule has 0 radical (unpaired) electrons. The first-order chi connectivity index (χ1) is 17.1. The molecular weight excluding hydrogens is 466 g/mol. The maximum atomic E-state index is 13.9. The summed E-state index contributed by atoms with van der Waals surface area (Å²) in [6.45, 7) is 4.12. The van der Waals surface area contributed by atoms with Crippen molar-refractivity contribution < 1.29 is 22.7 Å². The zero-order valence-electron chi connectivity index (χ0n) is 20.6. The minimum absolute atomic E-state index is 0.0672. The van der Waals surface area contributed by atoms with Crippen molar-refractivity contribution in [2.24, 2.45) is 5.41 Å². The van der Waals surface area contributed by atoms with E-state index in [2.05, 4.69) is 13.8 Å². The number of aliphatic hydroxyl groups is 1. The van der Waals surface area contributed by atoms with Crippen LogP contribution in [0, 0.1) is 11.2 Å². The molecule has 6 heteroatoms. The lowest BCUT2D eigenvalue weighted by molar-refractivity contribution is -0.137. The molecule has 190 valence electrons. The third-order valence-corrected chi connectivity index (χ3v) is 7.95. The first kappa shape index (κ1) is 24.9. The third kappa shape index (κ3) is 4.68. The van der Waals surface area contributed by atoms with Gasteiger partial charge in [0.2, 0.25) is 0 Å². The molecular formula is C30H31F4NO. The molecule has 0 bridgehead atoms. The van der Waals surface area contributed by atoms with Gasteiger partial charge in [-0.25, -0.2) is 4.39 Å². The number of hydrogen-bond acceptors (Lipinski definition) is 2. The molecule has 1 atom stereocenters. The number of nitrogens with zero attached hydrogens (tertiary/aromatic N) is 1. The highest BCUT2D eigenvalue weighted by atomic mass is 19.4. The summed E-state index contributed by atoms with van der Waals surface area (Å²) in [7, 11) is 0. The van der Waals surface area contributed by atoms with Crippen LogP contribution in [0.1, 0.15) is 91.6 Å². The molecule has 3 aromatic rings. The van der Waals surface area contributed by atoms with Gasteiger partial charge in [0.25, 0.3) is 0 Å². The molecule has 1 aromatic heterocycles. The average molecular weight is 498 g/mol. The molecule has 0 aliphatic heterocycles. The van der Waals surface area contributed by atoms with Crippen molar-refractivity contribution in [3.63, 3.8) is 0 Å². The topological polar surface area (TPSA) is 33.1 Å². The second-order valence-electron chi connectivity index (χ2n) is 10.8. The Hall–Kier alpha value is -2.73. The highest BCUT2D eigenvalue weighted by Crippen LogP contribution is 2.53. The molecule has 0 saturated heterocycles. The van der Waals surface area contributed by atoms with Gasteiger partial charge < -0.3 is 5.11 Å². The molecule has 1 unspecified atom stereocenters. The van der Waals surface area contributed by atoms with Gasteiger partial charge >= 0.3 is 6.18 Å². The number of aliphatic hydroxyl groups excluding tert-OH is 1. The van der Waals surface area contributed by atoms with Gasteiger partial charge in [0.15, 0.2) is 0 Å². The van der Waals surface area contributed by atoms with Gasteiger partial charge in [-0.15, -0.1) is 0 Å². The highest BCUT2D eigenvalue weighted by molar-refractivity contribution is 5.74. The Morgan fingerprint density at radius 2 is 1.64 bits per heavy atom. The second kappa shape index (κ2) is 9.29. The molecule has 2 aliphatic rings. The smallest absolute Gasteiger partial charge is 0.388 e. The Labute approximate surface area is 209 Å². The van der Waals surface area contributed by atoms with Crippen molar-refractivity contribution in [2.45, 2.75) is 77.0 Å². The summed E-state index contributed by atoms with van der Waals surface area (Å²) in [6.07, 6.45) is 1.27. The number of alkyl halides is 3. The average Bonchev–Trinajstić information content (AvgIpc) is 3.26. The standard InChI is InChI=1S/C30H31F4NO/c1-18(2)28-23(15-19-5-9-21(10-6-19)30(32,33)34)26(20-7-11-22(31)12-8-20)27-24(35-28)16-29(17-25(27)36)13-3-4-14-29/h5-12,18,25,36H,3-4,13-17H2,1-2H3. The van der Waals surface area contributed by atoms with Gasteiger partial charge in [-0.3, -0.25) is 4.98 Å². The van der Waals surface area contributed by atoms with Crippen LogP contribution in [-0.2, 0) is 19.0 Å². The summed E-state index contributed by atoms with van der Waals surface area (Å²) in [4.78, 5) is 5.12. The van der Waals surface area contributed by atoms with Crippen LogP contribution >= 0.6 is 0 Å². The highest BCUT2D eigenvalue weighted by Gasteiger charge is 2.43. The zero-order valence-corrected chi connectivity index (χ0v) is 20.6. The van der Waals surface area contributed by atoms with Crippen molar-refractivity contribution in [3.8, 4) is 11.1 Å². The monoisotopic (exact) mass is 497 g/mol. The van der Waals surface area contributed by atoms with E-state index in [1.807, 2.05) is 0 Å². The van der Waals surface area contributed by atoms with Crippen LogP contribution in [-0.4, -0.2) is 10.1 Å². The van der Waals surface area contributed by atoms with E-state index < -0.39 is 17.8 Å². The summed E-state index contributed by atoms with van der Waals surface area (Å²) < 4.78 is 53.2. The van der Waals surface area contributed by atoms with E-state index in [9.17, 15) is 22.7 Å². The van der Waals surface area contributed by atoms with Gasteiger partial charge in [0.05, 0.1) is 11.7 Å². The number of halogens is 4. The largest absolute Gasteiger partial charge is 0.416 e. The molecule has 1 heterocycles. The van der Waals surface area contributed by atoms with E-state index >= 15 is 0 Å². The molecule has 1 spiro atoms. The first-order valence-electron chi connectivity index (χ1n) is 12.7. The normalized spacial score (nSPS) is 19.2. The second-order valence-corrected chi connectivity index (χ2v) is 10.8. The number of pyridine rings is 1. The van der Waals surface area contributed by atoms with E-state index in [0.717, 1.165) is 83.4 Å². The van der Waals surface area contributed by atoms with Gasteiger partial charge in [-0.05, 0) is 90.0 Å². The van der Waals surface area contributed by atoms with Gasteiger partial charge in [-0.2, -0.15) is 13.2 Å². The van der Waals surface area contributed by atoms with Crippen molar-refractivity contribution in [3.05, 3.63) is 88.0 Å². The SMILES string of the molecule is CC(C)c1nc2c(c(-c3ccc(F)cc3)c1Cc1ccc(C(F)(F)F)cc1)C(O)CC1(CCCC1)C2. The van der Waals surface area contributed by atoms with Gasteiger partial charge in [0, 0.05) is 17.0 Å². The predicted octanol–water partition coefficient (Wildman–Crippen LogP) is 8.16. The van der Waals surface area contributed by atoms with E-state index in [1.54, 1.807) is 12.1 Å². The molecule has 1 fully saturated rings. The number of hydrogen-bond donors (Lipinski definition) is 1. The maximum Gasteiger partial charge on any atom is 0.416 e. The minimum Gasteiger partial charge on any atom is -0.388 e. The molecule has 2 aromatic carbocycles. The summed E-state index contributed by atoms with van der Waals surface area (Å²) in [5.74, 6) is -0.280. The summed E-state index contributed by atoms with van der Waals surface area (Å²) >= 11 is 0. The zero-order chi connectivity index (χ0) is 25.7. The van der Waals surface area contributed by atoms with Gasteiger partial charge in [-0.1, -0.05) is 51.0 Å². The van der Waals surface area contributed by atoms with Crippen molar-refractivity contribution >= 4 is 0 Å². The van der Waals surface area contributed by atoms with Crippen LogP contribution < -0.4 is 0 Å². The quantitative estimate of drug-likeness (QED) is 0.369. The van der Waals surface area contributed by atoms with Crippen molar-refractivity contribution in [1.82, 2.24) is 4.98 Å². The number of rotatable bonds is 4. The molecule has 2 aliphatic carbocycles. The summed E-state index contributed by atoms with van der Waals surface area (Å²) in [6, 6.07) is 11.5. The summed E-state index contributed by atoms with van der Waals surface area (Å²) in [5.41, 5.74) is 5.24. The first-order valence-corrected chi connectivity index (χ1v) is 12.7. The molecule has 1 saturated carbocycles. The Balaban J connectivity index is 1.69. The Morgan fingerprint density at radius 1 is 1.00 bits per heavy atom. The molecule has 2 nitrogen and oxygen atoms in total. The minimum atomic E-state index is -4.39. The van der Waals surface area contributed by atoms with Crippen LogP contribution in [0.4, 0.5) is 17.6 Å². The van der Waals surface area contributed by atoms with Crippen molar-refractivity contribution in [1.29, 1.82) is 0 Å². The molecule has 0 amide bonds. The van der Waals surface area contributed by atoms with Crippen LogP contribution in [0.2, 0.25) is 0 Å². The Bertz CT molecular complexity index is 1240. The number of benzene rings is 2. The maximum absolute atomic E-state index is 13.9. The van der Waals surface area contributed by atoms with E-state index in [-0.39, 0.29) is 17.2 Å². The van der Waals surface area contributed by atoms with E-state index in [1.165, 1.54) is 24.3 Å². The van der Waals surface area contributed by atoms with Crippen LogP contribution in [0.25, 0.3) is 11.1 Å². The lowest BCUT2D eigenvalue weighted by atomic mass is 9.68. The van der Waals surface area contributed by atoms with Crippen LogP contribution in [0.5, 0.6) is 0 Å². The molecule has 5 rings (SSSR count). The van der Waals surface area contributed by atoms with Crippen LogP contribution in [0.3, 0.4) is 0 Å². The van der Waals surface area contributed by atoms with E-state index in [4.69, 9.17) is 4.98 Å². The third-order valence-electron chi connectivity index (χ3n) is 7.95. The lowest BCUT2D eigenvalue weighted by Crippen LogP contribution is -2.31. The Morgan fingerprint density at radius 3 is 2.22 bits per heavy atom. The van der Waals surface area contributed by atoms with Gasteiger partial charge in [0.1, 0.15) is 5.82 Å². The fraction of sp³-hybridized carbons (Fsp3) is 0.433. The van der Waals surface area contributed by atoms with Crippen LogP contribution in [0.15, 0.2) is 48.5 Å². The van der Waals surface area contributed by atoms with Crippen molar-refractivity contribution in [2.75, 3.05) is 0 Å². The fourth-order valence-corrected chi connectivity index (χ4v) is 6.27. The van der Waals surface area contributed by atoms with E-state index in [0.29, 0.717) is 12.8 Å². The lowest BCUT2D eigenvalue weighted by Gasteiger charge is -2.39. The summed E-state index contributed by atoms with van der Waals surface area (Å²) in [5, 5.41) is 11.5. The molecule has 36 heavy (non-hydrogen) atoms. The fourth-order valence-electron chi connectivity index (χ4n) is 6.27. The number of aromatic nitrogens is 1. The molecule has 1 N–H and O–H groups in total. The Kier molecular flexibility index (Phi) is 6.44. The predicted molar refractivity (Wildman–Crippen MR) is 132 cm³/mol. The number of fused-ring (bicyclic) bond motifs is 1.